The molecule has 0 bridgehead atoms. The van der Waals surface area contributed by atoms with Crippen molar-refractivity contribution in [1.29, 1.82) is 0 Å². The summed E-state index contributed by atoms with van der Waals surface area (Å²) in [5.41, 5.74) is 1.58. The van der Waals surface area contributed by atoms with Crippen LogP contribution in [0.2, 0.25) is 0 Å². The Morgan fingerprint density at radius 1 is 1.45 bits per heavy atom. The highest BCUT2D eigenvalue weighted by atomic mass is 14.9. The Kier molecular flexibility index (Phi) is 3.81. The minimum absolute atomic E-state index is 0.327. The van der Waals surface area contributed by atoms with Crippen LogP contribution in [0, 0.1) is 5.41 Å². The first-order valence-electron chi connectivity index (χ1n) is 4.19. The maximum absolute atomic E-state index is 3.92. The average molecular weight is 155 g/mol. The van der Waals surface area contributed by atoms with E-state index < -0.39 is 0 Å². The summed E-state index contributed by atoms with van der Waals surface area (Å²) in [6, 6.07) is 0.542. The van der Waals surface area contributed by atoms with E-state index in [0.717, 1.165) is 6.42 Å². The Balaban J connectivity index is 4.07. The van der Waals surface area contributed by atoms with Crippen LogP contribution in [0.1, 0.15) is 34.1 Å². The van der Waals surface area contributed by atoms with Gasteiger partial charge in [-0.25, -0.2) is 0 Å². The first-order chi connectivity index (χ1) is 4.88. The van der Waals surface area contributed by atoms with Crippen molar-refractivity contribution >= 4 is 0 Å². The van der Waals surface area contributed by atoms with Crippen molar-refractivity contribution in [2.75, 3.05) is 7.05 Å². The third-order valence-corrected chi connectivity index (χ3v) is 1.95. The number of nitrogens with one attached hydrogen (secondary N) is 1. The molecule has 1 nitrogen and oxygen atoms in total. The summed E-state index contributed by atoms with van der Waals surface area (Å²) < 4.78 is 0. The molecule has 0 aliphatic rings. The Bertz CT molecular complexity index is 130. The van der Waals surface area contributed by atoms with Crippen LogP contribution in [0.15, 0.2) is 12.2 Å². The molecular formula is C10H21N. The molecule has 1 unspecified atom stereocenters. The topological polar surface area (TPSA) is 12.0 Å². The molecule has 0 aromatic rings. The summed E-state index contributed by atoms with van der Waals surface area (Å²) in [6.45, 7) is 12.7. The van der Waals surface area contributed by atoms with Crippen LogP contribution in [0.5, 0.6) is 0 Å². The second-order valence-corrected chi connectivity index (χ2v) is 4.37. The lowest BCUT2D eigenvalue weighted by molar-refractivity contribution is 0.279. The fourth-order valence-electron chi connectivity index (χ4n) is 1.19. The smallest absolute Gasteiger partial charge is 0.0149 e. The molecular weight excluding hydrogens is 134 g/mol. The van der Waals surface area contributed by atoms with E-state index in [2.05, 4.69) is 39.6 Å². The van der Waals surface area contributed by atoms with Crippen LogP contribution >= 0.6 is 0 Å². The molecule has 0 aliphatic carbocycles. The SMILES string of the molecule is C=C(C)CC(NC)C(C)(C)C. The standard InChI is InChI=1S/C10H21N/c1-8(2)7-9(11-6)10(3,4)5/h9,11H,1,7H2,2-6H3. The molecule has 0 saturated carbocycles. The van der Waals surface area contributed by atoms with Crippen LogP contribution in [0.4, 0.5) is 0 Å². The van der Waals surface area contributed by atoms with Gasteiger partial charge in [-0.3, -0.25) is 0 Å². The molecule has 1 N–H and O–H groups in total. The normalized spacial score (nSPS) is 14.6. The van der Waals surface area contributed by atoms with Crippen molar-refractivity contribution in [3.8, 4) is 0 Å². The predicted octanol–water partition coefficient (Wildman–Crippen LogP) is 2.59. The Labute approximate surface area is 70.9 Å². The van der Waals surface area contributed by atoms with Gasteiger partial charge in [0, 0.05) is 6.04 Å². The molecule has 0 heterocycles. The molecule has 0 aliphatic heterocycles. The highest BCUT2D eigenvalue weighted by Crippen LogP contribution is 2.23. The first-order valence-corrected chi connectivity index (χ1v) is 4.19. The third kappa shape index (κ3) is 4.20. The number of rotatable bonds is 3. The van der Waals surface area contributed by atoms with Gasteiger partial charge in [-0.2, -0.15) is 0 Å². The summed E-state index contributed by atoms with van der Waals surface area (Å²) >= 11 is 0. The van der Waals surface area contributed by atoms with Crippen LogP contribution in [0.25, 0.3) is 0 Å². The van der Waals surface area contributed by atoms with E-state index in [1.54, 1.807) is 0 Å². The third-order valence-electron chi connectivity index (χ3n) is 1.95. The molecule has 11 heavy (non-hydrogen) atoms. The Morgan fingerprint density at radius 3 is 2.00 bits per heavy atom. The van der Waals surface area contributed by atoms with Crippen molar-refractivity contribution in [3.05, 3.63) is 12.2 Å². The largest absolute Gasteiger partial charge is 0.316 e. The van der Waals surface area contributed by atoms with Crippen LogP contribution in [-0.4, -0.2) is 13.1 Å². The zero-order chi connectivity index (χ0) is 9.07. The van der Waals surface area contributed by atoms with E-state index >= 15 is 0 Å². The van der Waals surface area contributed by atoms with Gasteiger partial charge >= 0.3 is 0 Å². The summed E-state index contributed by atoms with van der Waals surface area (Å²) in [7, 11) is 2.01. The Morgan fingerprint density at radius 2 is 1.91 bits per heavy atom. The maximum Gasteiger partial charge on any atom is 0.0149 e. The molecule has 0 aromatic carbocycles. The molecule has 1 heteroatoms. The van der Waals surface area contributed by atoms with Crippen LogP contribution in [0.3, 0.4) is 0 Å². The summed E-state index contributed by atoms with van der Waals surface area (Å²) in [4.78, 5) is 0. The zero-order valence-electron chi connectivity index (χ0n) is 8.49. The lowest BCUT2D eigenvalue weighted by atomic mass is 9.83. The molecule has 1 atom stereocenters. The fraction of sp³-hybridized carbons (Fsp3) is 0.800. The molecule has 0 aromatic heterocycles. The molecule has 0 rings (SSSR count). The van der Waals surface area contributed by atoms with Crippen LogP contribution < -0.4 is 5.32 Å². The molecule has 0 spiro atoms. The van der Waals surface area contributed by atoms with Gasteiger partial charge in [-0.15, -0.1) is 6.58 Å². The van der Waals surface area contributed by atoms with Crippen molar-refractivity contribution < 1.29 is 0 Å². The second-order valence-electron chi connectivity index (χ2n) is 4.37. The van der Waals surface area contributed by atoms with E-state index in [1.807, 2.05) is 7.05 Å². The average Bonchev–Trinajstić information content (AvgIpc) is 1.79. The van der Waals surface area contributed by atoms with E-state index in [9.17, 15) is 0 Å². The van der Waals surface area contributed by atoms with E-state index in [4.69, 9.17) is 0 Å². The van der Waals surface area contributed by atoms with Crippen molar-refractivity contribution in [1.82, 2.24) is 5.32 Å². The lowest BCUT2D eigenvalue weighted by Gasteiger charge is -2.30. The van der Waals surface area contributed by atoms with Gasteiger partial charge in [0.05, 0.1) is 0 Å². The van der Waals surface area contributed by atoms with Gasteiger partial charge in [0.15, 0.2) is 0 Å². The van der Waals surface area contributed by atoms with E-state index in [-0.39, 0.29) is 0 Å². The van der Waals surface area contributed by atoms with Gasteiger partial charge in [-0.1, -0.05) is 26.3 Å². The van der Waals surface area contributed by atoms with E-state index in [0.29, 0.717) is 11.5 Å². The van der Waals surface area contributed by atoms with Gasteiger partial charge in [0.1, 0.15) is 0 Å². The number of hydrogen-bond donors (Lipinski definition) is 1. The molecule has 0 saturated heterocycles. The maximum atomic E-state index is 3.92. The Hall–Kier alpha value is -0.300. The summed E-state index contributed by atoms with van der Waals surface area (Å²) in [5, 5.41) is 3.31. The lowest BCUT2D eigenvalue weighted by Crippen LogP contribution is -2.38. The van der Waals surface area contributed by atoms with Gasteiger partial charge in [0.25, 0.3) is 0 Å². The molecule has 0 radical (unpaired) electrons. The summed E-state index contributed by atoms with van der Waals surface area (Å²) in [6.07, 6.45) is 1.07. The monoisotopic (exact) mass is 155 g/mol. The minimum Gasteiger partial charge on any atom is -0.316 e. The van der Waals surface area contributed by atoms with Crippen molar-refractivity contribution in [3.63, 3.8) is 0 Å². The minimum atomic E-state index is 0.327. The van der Waals surface area contributed by atoms with Crippen molar-refractivity contribution in [2.45, 2.75) is 40.2 Å². The second kappa shape index (κ2) is 3.91. The van der Waals surface area contributed by atoms with Gasteiger partial charge < -0.3 is 5.32 Å². The molecule has 0 fully saturated rings. The molecule has 66 valence electrons. The van der Waals surface area contributed by atoms with Crippen LogP contribution in [-0.2, 0) is 0 Å². The quantitative estimate of drug-likeness (QED) is 0.618. The predicted molar refractivity (Wildman–Crippen MR) is 51.7 cm³/mol. The zero-order valence-corrected chi connectivity index (χ0v) is 8.49. The molecule has 0 amide bonds. The van der Waals surface area contributed by atoms with Gasteiger partial charge in [-0.05, 0) is 25.8 Å². The van der Waals surface area contributed by atoms with E-state index in [1.165, 1.54) is 5.57 Å². The van der Waals surface area contributed by atoms with Gasteiger partial charge in [0.2, 0.25) is 0 Å². The summed E-state index contributed by atoms with van der Waals surface area (Å²) in [5.74, 6) is 0. The highest BCUT2D eigenvalue weighted by Gasteiger charge is 2.22. The fourth-order valence-corrected chi connectivity index (χ4v) is 1.19. The number of hydrogen-bond acceptors (Lipinski definition) is 1. The highest BCUT2D eigenvalue weighted by molar-refractivity contribution is 4.96. The first kappa shape index (κ1) is 10.7. The van der Waals surface area contributed by atoms with Crippen molar-refractivity contribution in [2.24, 2.45) is 5.41 Å².